The average Bonchev–Trinajstić information content (AvgIpc) is 2.37. The third kappa shape index (κ3) is 3.16. The summed E-state index contributed by atoms with van der Waals surface area (Å²) in [7, 11) is 2.15. The van der Waals surface area contributed by atoms with Crippen LogP contribution in [0.3, 0.4) is 0 Å². The number of isocyanates is 1. The second-order valence-electron chi connectivity index (χ2n) is 4.37. The maximum atomic E-state index is 10.1. The topological polar surface area (TPSA) is 35.9 Å². The van der Waals surface area contributed by atoms with E-state index in [1.807, 2.05) is 12.1 Å². The lowest BCUT2D eigenvalue weighted by Gasteiger charge is -2.34. The Morgan fingerprint density at radius 3 is 2.76 bits per heavy atom. The van der Waals surface area contributed by atoms with Crippen LogP contribution in [0.25, 0.3) is 0 Å². The van der Waals surface area contributed by atoms with Crippen molar-refractivity contribution in [1.29, 1.82) is 0 Å². The fourth-order valence-electron chi connectivity index (χ4n) is 2.04. The number of carbonyl (C=O) groups excluding carboxylic acids is 1. The molecule has 0 bridgehead atoms. The van der Waals surface area contributed by atoms with Gasteiger partial charge in [-0.05, 0) is 24.7 Å². The van der Waals surface area contributed by atoms with E-state index in [4.69, 9.17) is 0 Å². The van der Waals surface area contributed by atoms with Crippen molar-refractivity contribution in [2.24, 2.45) is 4.99 Å². The maximum Gasteiger partial charge on any atom is 0.235 e. The summed E-state index contributed by atoms with van der Waals surface area (Å²) in [6.07, 6.45) is 1.58. The summed E-state index contributed by atoms with van der Waals surface area (Å²) in [5.41, 5.74) is 2.28. The third-order valence-electron chi connectivity index (χ3n) is 3.11. The number of likely N-dealkylation sites (N-methyl/N-ethyl adjacent to an activating group) is 1. The van der Waals surface area contributed by atoms with Crippen LogP contribution in [0.15, 0.2) is 29.3 Å². The molecule has 17 heavy (non-hydrogen) atoms. The number of aliphatic imine (C=N–C) groups is 1. The van der Waals surface area contributed by atoms with Crippen LogP contribution in [0, 0.1) is 0 Å². The molecule has 0 unspecified atom stereocenters. The predicted molar refractivity (Wildman–Crippen MR) is 68.0 cm³/mol. The monoisotopic (exact) mass is 231 g/mol. The Balaban J connectivity index is 2.07. The lowest BCUT2D eigenvalue weighted by molar-refractivity contribution is 0.313. The number of benzene rings is 1. The Hall–Kier alpha value is -1.64. The summed E-state index contributed by atoms with van der Waals surface area (Å²) in [5, 5.41) is 0. The van der Waals surface area contributed by atoms with Gasteiger partial charge in [0.25, 0.3) is 0 Å². The highest BCUT2D eigenvalue weighted by Crippen LogP contribution is 2.18. The van der Waals surface area contributed by atoms with Crippen LogP contribution in [0.5, 0.6) is 0 Å². The molecule has 4 heteroatoms. The van der Waals surface area contributed by atoms with Gasteiger partial charge in [-0.1, -0.05) is 12.1 Å². The Morgan fingerprint density at radius 2 is 2.06 bits per heavy atom. The molecule has 0 aliphatic carbocycles. The summed E-state index contributed by atoms with van der Waals surface area (Å²) in [4.78, 5) is 18.4. The number of hydrogen-bond donors (Lipinski definition) is 0. The molecular formula is C13H17N3O. The molecule has 1 saturated heterocycles. The van der Waals surface area contributed by atoms with E-state index >= 15 is 0 Å². The number of anilines is 1. The number of rotatable bonds is 3. The molecule has 4 nitrogen and oxygen atoms in total. The van der Waals surface area contributed by atoms with Gasteiger partial charge < -0.3 is 9.80 Å². The Kier molecular flexibility index (Phi) is 3.91. The zero-order valence-electron chi connectivity index (χ0n) is 10.1. The van der Waals surface area contributed by atoms with Gasteiger partial charge in [-0.15, -0.1) is 0 Å². The Labute approximate surface area is 102 Å². The Morgan fingerprint density at radius 1 is 1.29 bits per heavy atom. The van der Waals surface area contributed by atoms with Gasteiger partial charge in [0.05, 0.1) is 6.54 Å². The van der Waals surface area contributed by atoms with Crippen molar-refractivity contribution in [3.05, 3.63) is 29.8 Å². The second kappa shape index (κ2) is 5.62. The molecule has 0 atom stereocenters. The zero-order chi connectivity index (χ0) is 12.1. The molecular weight excluding hydrogens is 214 g/mol. The first-order chi connectivity index (χ1) is 8.29. The van der Waals surface area contributed by atoms with E-state index in [9.17, 15) is 4.79 Å². The normalized spacial score (nSPS) is 16.6. The van der Waals surface area contributed by atoms with E-state index < -0.39 is 0 Å². The quantitative estimate of drug-likeness (QED) is 0.580. The molecule has 90 valence electrons. The first kappa shape index (κ1) is 11.8. The van der Waals surface area contributed by atoms with E-state index in [-0.39, 0.29) is 0 Å². The minimum absolute atomic E-state index is 0.422. The molecule has 0 amide bonds. The number of nitrogens with zero attached hydrogens (tertiary/aromatic N) is 3. The molecule has 1 fully saturated rings. The van der Waals surface area contributed by atoms with Gasteiger partial charge in [0, 0.05) is 31.9 Å². The van der Waals surface area contributed by atoms with Crippen molar-refractivity contribution in [2.75, 3.05) is 38.1 Å². The first-order valence-electron chi connectivity index (χ1n) is 5.85. The van der Waals surface area contributed by atoms with Gasteiger partial charge in [0.2, 0.25) is 6.08 Å². The predicted octanol–water partition coefficient (Wildman–Crippen LogP) is 1.27. The lowest BCUT2D eigenvalue weighted by Crippen LogP contribution is -2.44. The van der Waals surface area contributed by atoms with Gasteiger partial charge in [-0.25, -0.2) is 9.79 Å². The smallest absolute Gasteiger partial charge is 0.235 e. The van der Waals surface area contributed by atoms with E-state index in [1.165, 1.54) is 5.69 Å². The maximum absolute atomic E-state index is 10.1. The van der Waals surface area contributed by atoms with Crippen molar-refractivity contribution in [2.45, 2.75) is 6.54 Å². The summed E-state index contributed by atoms with van der Waals surface area (Å²) in [6, 6.07) is 8.22. The van der Waals surface area contributed by atoms with E-state index in [0.717, 1.165) is 31.7 Å². The van der Waals surface area contributed by atoms with Gasteiger partial charge >= 0.3 is 0 Å². The highest BCUT2D eigenvalue weighted by Gasteiger charge is 2.14. The van der Waals surface area contributed by atoms with Crippen LogP contribution in [0.2, 0.25) is 0 Å². The molecule has 0 spiro atoms. The summed E-state index contributed by atoms with van der Waals surface area (Å²) >= 11 is 0. The van der Waals surface area contributed by atoms with Crippen molar-refractivity contribution < 1.29 is 4.79 Å². The van der Waals surface area contributed by atoms with E-state index in [2.05, 4.69) is 34.0 Å². The molecule has 1 heterocycles. The Bertz CT molecular complexity index is 418. The molecule has 1 aromatic carbocycles. The average molecular weight is 231 g/mol. The summed E-state index contributed by atoms with van der Waals surface area (Å²) in [5.74, 6) is 0. The molecule has 2 rings (SSSR count). The van der Waals surface area contributed by atoms with Gasteiger partial charge in [0.1, 0.15) is 0 Å². The zero-order valence-corrected chi connectivity index (χ0v) is 10.1. The standard InChI is InChI=1S/C13H17N3O/c1-15-5-7-16(8-6-15)13-4-2-3-12(9-13)10-14-11-17/h2-4,9H,5-8,10H2,1H3. The first-order valence-corrected chi connectivity index (χ1v) is 5.85. The summed E-state index contributed by atoms with van der Waals surface area (Å²) < 4.78 is 0. The SMILES string of the molecule is CN1CCN(c2cccc(CN=C=O)c2)CC1. The molecule has 0 aromatic heterocycles. The van der Waals surface area contributed by atoms with Crippen LogP contribution in [-0.2, 0) is 11.3 Å². The molecule has 1 aliphatic rings. The largest absolute Gasteiger partial charge is 0.369 e. The van der Waals surface area contributed by atoms with Crippen LogP contribution in [0.4, 0.5) is 5.69 Å². The van der Waals surface area contributed by atoms with Crippen LogP contribution >= 0.6 is 0 Å². The van der Waals surface area contributed by atoms with Crippen LogP contribution in [0.1, 0.15) is 5.56 Å². The molecule has 0 saturated carbocycles. The van der Waals surface area contributed by atoms with Crippen LogP contribution in [-0.4, -0.2) is 44.2 Å². The third-order valence-corrected chi connectivity index (χ3v) is 3.11. The molecule has 1 aromatic rings. The molecule has 0 N–H and O–H groups in total. The minimum atomic E-state index is 0.422. The van der Waals surface area contributed by atoms with Crippen molar-refractivity contribution in [3.63, 3.8) is 0 Å². The van der Waals surface area contributed by atoms with Crippen molar-refractivity contribution in [1.82, 2.24) is 4.90 Å². The fraction of sp³-hybridized carbons (Fsp3) is 0.462. The number of piperazine rings is 1. The molecule has 0 radical (unpaired) electrons. The molecule has 1 aliphatic heterocycles. The summed E-state index contributed by atoms with van der Waals surface area (Å²) in [6.45, 7) is 4.71. The van der Waals surface area contributed by atoms with Gasteiger partial charge in [-0.3, -0.25) is 0 Å². The van der Waals surface area contributed by atoms with Gasteiger partial charge in [-0.2, -0.15) is 0 Å². The number of hydrogen-bond acceptors (Lipinski definition) is 4. The fourth-order valence-corrected chi connectivity index (χ4v) is 2.04. The second-order valence-corrected chi connectivity index (χ2v) is 4.37. The minimum Gasteiger partial charge on any atom is -0.369 e. The van der Waals surface area contributed by atoms with Crippen molar-refractivity contribution >= 4 is 11.8 Å². The van der Waals surface area contributed by atoms with E-state index in [1.54, 1.807) is 6.08 Å². The highest BCUT2D eigenvalue weighted by atomic mass is 16.1. The van der Waals surface area contributed by atoms with Crippen LogP contribution < -0.4 is 4.90 Å². The highest BCUT2D eigenvalue weighted by molar-refractivity contribution is 5.49. The van der Waals surface area contributed by atoms with Crippen molar-refractivity contribution in [3.8, 4) is 0 Å². The van der Waals surface area contributed by atoms with Gasteiger partial charge in [0.15, 0.2) is 0 Å². The lowest BCUT2D eigenvalue weighted by atomic mass is 10.1. The van der Waals surface area contributed by atoms with E-state index in [0.29, 0.717) is 6.54 Å².